The Bertz CT molecular complexity index is 363. The van der Waals surface area contributed by atoms with Crippen molar-refractivity contribution < 1.29 is 14.3 Å². The van der Waals surface area contributed by atoms with E-state index >= 15 is 0 Å². The van der Waals surface area contributed by atoms with E-state index in [9.17, 15) is 4.79 Å². The van der Waals surface area contributed by atoms with Gasteiger partial charge >= 0.3 is 5.97 Å². The summed E-state index contributed by atoms with van der Waals surface area (Å²) in [5, 5.41) is 0.459. The number of hydrogen-bond donors (Lipinski definition) is 0. The molecular formula is C9H8Cl2O3. The van der Waals surface area contributed by atoms with E-state index in [-0.39, 0.29) is 15.8 Å². The van der Waals surface area contributed by atoms with Crippen LogP contribution in [0.4, 0.5) is 0 Å². The first-order chi connectivity index (χ1) is 6.56. The number of esters is 1. The fourth-order valence-electron chi connectivity index (χ4n) is 0.909. The Morgan fingerprint density at radius 3 is 2.50 bits per heavy atom. The van der Waals surface area contributed by atoms with Crippen molar-refractivity contribution in [1.82, 2.24) is 0 Å². The monoisotopic (exact) mass is 234 g/mol. The minimum absolute atomic E-state index is 0.125. The second-order valence-electron chi connectivity index (χ2n) is 2.49. The average molecular weight is 235 g/mol. The smallest absolute Gasteiger partial charge is 0.308 e. The van der Waals surface area contributed by atoms with Crippen LogP contribution in [0.25, 0.3) is 0 Å². The van der Waals surface area contributed by atoms with Gasteiger partial charge < -0.3 is 9.47 Å². The molecular weight excluding hydrogens is 227 g/mol. The van der Waals surface area contributed by atoms with E-state index in [0.717, 1.165) is 0 Å². The number of ether oxygens (including phenoxy) is 2. The van der Waals surface area contributed by atoms with Gasteiger partial charge in [0.25, 0.3) is 0 Å². The molecule has 76 valence electrons. The minimum Gasteiger partial charge on any atom is -0.495 e. The van der Waals surface area contributed by atoms with Gasteiger partial charge in [-0.15, -0.1) is 0 Å². The van der Waals surface area contributed by atoms with Crippen molar-refractivity contribution in [3.63, 3.8) is 0 Å². The molecule has 3 nitrogen and oxygen atoms in total. The Kier molecular flexibility index (Phi) is 3.61. The molecule has 0 radical (unpaired) electrons. The largest absolute Gasteiger partial charge is 0.495 e. The van der Waals surface area contributed by atoms with Gasteiger partial charge in [-0.3, -0.25) is 4.79 Å². The maximum Gasteiger partial charge on any atom is 0.308 e. The van der Waals surface area contributed by atoms with Gasteiger partial charge in [0, 0.05) is 6.92 Å². The first-order valence-electron chi connectivity index (χ1n) is 3.76. The van der Waals surface area contributed by atoms with Gasteiger partial charge in [-0.2, -0.15) is 0 Å². The second kappa shape index (κ2) is 4.53. The van der Waals surface area contributed by atoms with Gasteiger partial charge in [0.2, 0.25) is 0 Å². The van der Waals surface area contributed by atoms with Crippen LogP contribution >= 0.6 is 23.2 Å². The third-order valence-electron chi connectivity index (χ3n) is 1.48. The van der Waals surface area contributed by atoms with E-state index in [1.165, 1.54) is 14.0 Å². The molecule has 0 amide bonds. The molecule has 0 unspecified atom stereocenters. The molecule has 0 aliphatic heterocycles. The van der Waals surface area contributed by atoms with Crippen LogP contribution < -0.4 is 9.47 Å². The molecule has 0 aliphatic rings. The zero-order valence-electron chi connectivity index (χ0n) is 7.64. The van der Waals surface area contributed by atoms with E-state index < -0.39 is 5.97 Å². The molecule has 0 heterocycles. The van der Waals surface area contributed by atoms with E-state index in [2.05, 4.69) is 0 Å². The van der Waals surface area contributed by atoms with Crippen molar-refractivity contribution in [2.75, 3.05) is 7.11 Å². The summed E-state index contributed by atoms with van der Waals surface area (Å²) in [6.07, 6.45) is 0. The summed E-state index contributed by atoms with van der Waals surface area (Å²) in [6, 6.07) is 3.14. The molecule has 1 rings (SSSR count). The zero-order valence-corrected chi connectivity index (χ0v) is 9.15. The molecule has 5 heteroatoms. The highest BCUT2D eigenvalue weighted by molar-refractivity contribution is 6.38. The molecule has 0 atom stereocenters. The Labute approximate surface area is 91.5 Å². The van der Waals surface area contributed by atoms with Crippen molar-refractivity contribution in [2.24, 2.45) is 0 Å². The zero-order chi connectivity index (χ0) is 10.7. The molecule has 1 aromatic rings. The fraction of sp³-hybridized carbons (Fsp3) is 0.222. The minimum atomic E-state index is -0.484. The summed E-state index contributed by atoms with van der Waals surface area (Å²) in [5.74, 6) is 0.0505. The Balaban J connectivity index is 3.18. The van der Waals surface area contributed by atoms with E-state index in [4.69, 9.17) is 32.7 Å². The Hall–Kier alpha value is -0.930. The van der Waals surface area contributed by atoms with Gasteiger partial charge in [-0.25, -0.2) is 0 Å². The second-order valence-corrected chi connectivity index (χ2v) is 3.27. The lowest BCUT2D eigenvalue weighted by atomic mass is 10.3. The summed E-state index contributed by atoms with van der Waals surface area (Å²) in [7, 11) is 1.46. The number of carbonyl (C=O) groups is 1. The van der Waals surface area contributed by atoms with Gasteiger partial charge in [0.05, 0.1) is 12.1 Å². The predicted molar refractivity (Wildman–Crippen MR) is 54.3 cm³/mol. The van der Waals surface area contributed by atoms with E-state index in [0.29, 0.717) is 5.75 Å². The van der Waals surface area contributed by atoms with Crippen LogP contribution in [0, 0.1) is 0 Å². The van der Waals surface area contributed by atoms with Crippen molar-refractivity contribution in [1.29, 1.82) is 0 Å². The van der Waals surface area contributed by atoms with Crippen LogP contribution in [0.2, 0.25) is 10.0 Å². The molecule has 0 N–H and O–H groups in total. The lowest BCUT2D eigenvalue weighted by Crippen LogP contribution is -2.03. The number of halogens is 2. The summed E-state index contributed by atoms with van der Waals surface area (Å²) in [6.45, 7) is 1.27. The summed E-state index contributed by atoms with van der Waals surface area (Å²) in [5.41, 5.74) is 0. The Morgan fingerprint density at radius 1 is 1.36 bits per heavy atom. The normalized spacial score (nSPS) is 9.71. The molecule has 0 aromatic heterocycles. The van der Waals surface area contributed by atoms with Crippen LogP contribution in [0.5, 0.6) is 11.5 Å². The van der Waals surface area contributed by atoms with Crippen molar-refractivity contribution >= 4 is 29.2 Å². The lowest BCUT2D eigenvalue weighted by molar-refractivity contribution is -0.131. The summed E-state index contributed by atoms with van der Waals surface area (Å²) in [4.78, 5) is 10.7. The number of rotatable bonds is 2. The van der Waals surface area contributed by atoms with Crippen molar-refractivity contribution in [2.45, 2.75) is 6.92 Å². The molecule has 0 spiro atoms. The van der Waals surface area contributed by atoms with Crippen LogP contribution in [0.1, 0.15) is 6.92 Å². The maximum atomic E-state index is 10.7. The average Bonchev–Trinajstić information content (AvgIpc) is 2.12. The first kappa shape index (κ1) is 11.1. The highest BCUT2D eigenvalue weighted by atomic mass is 35.5. The van der Waals surface area contributed by atoms with Crippen molar-refractivity contribution in [3.8, 4) is 11.5 Å². The van der Waals surface area contributed by atoms with Crippen LogP contribution in [0.3, 0.4) is 0 Å². The quantitative estimate of drug-likeness (QED) is 0.584. The van der Waals surface area contributed by atoms with E-state index in [1.54, 1.807) is 12.1 Å². The van der Waals surface area contributed by atoms with Crippen molar-refractivity contribution in [3.05, 3.63) is 22.2 Å². The SMILES string of the molecule is COc1ccc(Cl)c(OC(C)=O)c1Cl. The van der Waals surface area contributed by atoms with Gasteiger partial charge in [0.1, 0.15) is 10.8 Å². The predicted octanol–water partition coefficient (Wildman–Crippen LogP) is 2.93. The topological polar surface area (TPSA) is 35.5 Å². The molecule has 14 heavy (non-hydrogen) atoms. The van der Waals surface area contributed by atoms with Crippen LogP contribution in [0.15, 0.2) is 12.1 Å². The number of methoxy groups -OCH3 is 1. The highest BCUT2D eigenvalue weighted by Gasteiger charge is 2.14. The lowest BCUT2D eigenvalue weighted by Gasteiger charge is -2.09. The fourth-order valence-corrected chi connectivity index (χ4v) is 1.43. The van der Waals surface area contributed by atoms with Gasteiger partial charge in [0.15, 0.2) is 5.75 Å². The van der Waals surface area contributed by atoms with Crippen LogP contribution in [-0.2, 0) is 4.79 Å². The molecule has 0 saturated carbocycles. The Morgan fingerprint density at radius 2 is 2.00 bits per heavy atom. The molecule has 0 bridgehead atoms. The molecule has 1 aromatic carbocycles. The summed E-state index contributed by atoms with van der Waals surface area (Å²) >= 11 is 11.7. The summed E-state index contributed by atoms with van der Waals surface area (Å²) < 4.78 is 9.78. The van der Waals surface area contributed by atoms with Gasteiger partial charge in [-0.1, -0.05) is 23.2 Å². The number of hydrogen-bond acceptors (Lipinski definition) is 3. The van der Waals surface area contributed by atoms with Gasteiger partial charge in [-0.05, 0) is 12.1 Å². The number of carbonyl (C=O) groups excluding carboxylic acids is 1. The molecule has 0 saturated heterocycles. The molecule has 0 fully saturated rings. The number of benzene rings is 1. The maximum absolute atomic E-state index is 10.7. The van der Waals surface area contributed by atoms with Crippen LogP contribution in [-0.4, -0.2) is 13.1 Å². The third kappa shape index (κ3) is 2.30. The third-order valence-corrected chi connectivity index (χ3v) is 2.13. The highest BCUT2D eigenvalue weighted by Crippen LogP contribution is 2.39. The molecule has 0 aliphatic carbocycles. The van der Waals surface area contributed by atoms with E-state index in [1.807, 2.05) is 0 Å². The standard InChI is InChI=1S/C9H8Cl2O3/c1-5(12)14-9-6(10)3-4-7(13-2)8(9)11/h3-4H,1-2H3. The first-order valence-corrected chi connectivity index (χ1v) is 4.52.